The zero-order chi connectivity index (χ0) is 18.8. The molecular weight excluding hydrogens is 394 g/mol. The molecule has 1 amide bonds. The van der Waals surface area contributed by atoms with Gasteiger partial charge in [0.15, 0.2) is 0 Å². The molecule has 0 saturated heterocycles. The lowest BCUT2D eigenvalue weighted by Gasteiger charge is -2.08. The van der Waals surface area contributed by atoms with Crippen LogP contribution < -0.4 is 5.32 Å². The maximum atomic E-state index is 12.5. The fraction of sp³-hybridized carbons (Fsp3) is 0.316. The van der Waals surface area contributed by atoms with Gasteiger partial charge in [-0.1, -0.05) is 12.1 Å². The van der Waals surface area contributed by atoms with Crippen LogP contribution in [0.2, 0.25) is 0 Å². The molecule has 0 atom stereocenters. The normalized spacial score (nSPS) is 11.0. The summed E-state index contributed by atoms with van der Waals surface area (Å²) in [6.07, 6.45) is 1.78. The van der Waals surface area contributed by atoms with Gasteiger partial charge in [-0.15, -0.1) is 0 Å². The van der Waals surface area contributed by atoms with E-state index in [0.717, 1.165) is 32.7 Å². The number of benzene rings is 1. The Morgan fingerprint density at radius 3 is 2.62 bits per heavy atom. The summed E-state index contributed by atoms with van der Waals surface area (Å²) in [5.41, 5.74) is 5.78. The summed E-state index contributed by atoms with van der Waals surface area (Å²) in [6.45, 7) is 7.07. The van der Waals surface area contributed by atoms with Crippen LogP contribution in [0, 0.1) is 20.8 Å². The highest BCUT2D eigenvalue weighted by molar-refractivity contribution is 9.10. The Kier molecular flexibility index (Phi) is 5.27. The van der Waals surface area contributed by atoms with E-state index in [-0.39, 0.29) is 5.91 Å². The molecule has 0 spiro atoms. The molecule has 2 aromatic heterocycles. The third kappa shape index (κ3) is 3.72. The number of hydrogen-bond acceptors (Lipinski definition) is 3. The van der Waals surface area contributed by atoms with Gasteiger partial charge < -0.3 is 5.32 Å². The summed E-state index contributed by atoms with van der Waals surface area (Å²) in [6, 6.07) is 7.65. The van der Waals surface area contributed by atoms with Gasteiger partial charge in [0.05, 0.1) is 28.6 Å². The molecule has 0 radical (unpaired) electrons. The number of carbonyl (C=O) groups is 1. The summed E-state index contributed by atoms with van der Waals surface area (Å²) < 4.78 is 4.77. The zero-order valence-electron chi connectivity index (χ0n) is 15.4. The van der Waals surface area contributed by atoms with Gasteiger partial charge in [-0.3, -0.25) is 14.2 Å². The number of aromatic nitrogens is 4. The van der Waals surface area contributed by atoms with Crippen LogP contribution in [0.5, 0.6) is 0 Å². The maximum absolute atomic E-state index is 12.5. The summed E-state index contributed by atoms with van der Waals surface area (Å²) in [7, 11) is 1.89. The standard InChI is InChI=1S/C19H22BrN5O/c1-12-18(20)14(3)25(23-12)11-15-6-5-7-16(8-15)19(26)21-9-17-10-22-24(4)13(17)2/h5-8,10H,9,11H2,1-4H3,(H,21,26). The van der Waals surface area contributed by atoms with Gasteiger partial charge in [-0.25, -0.2) is 0 Å². The first kappa shape index (κ1) is 18.4. The smallest absolute Gasteiger partial charge is 0.251 e. The lowest BCUT2D eigenvalue weighted by atomic mass is 10.1. The van der Waals surface area contributed by atoms with Gasteiger partial charge in [0, 0.05) is 30.4 Å². The Labute approximate surface area is 161 Å². The van der Waals surface area contributed by atoms with E-state index in [2.05, 4.69) is 31.4 Å². The first-order chi connectivity index (χ1) is 12.4. The molecular formula is C19H22BrN5O. The van der Waals surface area contributed by atoms with Crippen molar-refractivity contribution < 1.29 is 4.79 Å². The topological polar surface area (TPSA) is 64.7 Å². The van der Waals surface area contributed by atoms with E-state index in [1.54, 1.807) is 10.9 Å². The molecule has 0 aliphatic carbocycles. The summed E-state index contributed by atoms with van der Waals surface area (Å²) >= 11 is 3.55. The van der Waals surface area contributed by atoms with E-state index < -0.39 is 0 Å². The van der Waals surface area contributed by atoms with Crippen LogP contribution in [-0.4, -0.2) is 25.5 Å². The van der Waals surface area contributed by atoms with E-state index in [1.165, 1.54) is 0 Å². The quantitative estimate of drug-likeness (QED) is 0.695. The highest BCUT2D eigenvalue weighted by Crippen LogP contribution is 2.20. The Bertz CT molecular complexity index is 957. The second kappa shape index (κ2) is 7.45. The van der Waals surface area contributed by atoms with Crippen molar-refractivity contribution in [3.8, 4) is 0 Å². The van der Waals surface area contributed by atoms with Crippen molar-refractivity contribution in [2.24, 2.45) is 7.05 Å². The second-order valence-electron chi connectivity index (χ2n) is 6.40. The average Bonchev–Trinajstić information content (AvgIpc) is 3.07. The van der Waals surface area contributed by atoms with Gasteiger partial charge in [0.2, 0.25) is 0 Å². The minimum Gasteiger partial charge on any atom is -0.348 e. The van der Waals surface area contributed by atoms with Crippen molar-refractivity contribution in [1.29, 1.82) is 0 Å². The number of carbonyl (C=O) groups excluding carboxylic acids is 1. The molecule has 0 fully saturated rings. The summed E-state index contributed by atoms with van der Waals surface area (Å²) in [5.74, 6) is -0.0929. The first-order valence-corrected chi connectivity index (χ1v) is 9.20. The Morgan fingerprint density at radius 1 is 1.23 bits per heavy atom. The number of nitrogens with zero attached hydrogens (tertiary/aromatic N) is 4. The predicted octanol–water partition coefficient (Wildman–Crippen LogP) is 3.28. The average molecular weight is 416 g/mol. The predicted molar refractivity (Wildman–Crippen MR) is 104 cm³/mol. The SMILES string of the molecule is Cc1nn(Cc2cccc(C(=O)NCc3cnn(C)c3C)c2)c(C)c1Br. The number of amides is 1. The fourth-order valence-corrected chi connectivity index (χ4v) is 3.09. The van der Waals surface area contributed by atoms with Crippen molar-refractivity contribution in [3.05, 3.63) is 68.7 Å². The largest absolute Gasteiger partial charge is 0.348 e. The first-order valence-electron chi connectivity index (χ1n) is 8.41. The van der Waals surface area contributed by atoms with E-state index in [4.69, 9.17) is 0 Å². The number of aryl methyl sites for hydroxylation is 2. The molecule has 7 heteroatoms. The zero-order valence-corrected chi connectivity index (χ0v) is 17.0. The highest BCUT2D eigenvalue weighted by atomic mass is 79.9. The second-order valence-corrected chi connectivity index (χ2v) is 7.20. The van der Waals surface area contributed by atoms with Crippen LogP contribution in [0.3, 0.4) is 0 Å². The summed E-state index contributed by atoms with van der Waals surface area (Å²) in [4.78, 5) is 12.5. The molecule has 1 aromatic carbocycles. The van der Waals surface area contributed by atoms with Gasteiger partial charge in [0.25, 0.3) is 5.91 Å². The van der Waals surface area contributed by atoms with Gasteiger partial charge in [-0.2, -0.15) is 10.2 Å². The molecule has 1 N–H and O–H groups in total. The number of rotatable bonds is 5. The minimum absolute atomic E-state index is 0.0929. The van der Waals surface area contributed by atoms with Crippen LogP contribution in [0.4, 0.5) is 0 Å². The number of hydrogen-bond donors (Lipinski definition) is 1. The molecule has 0 bridgehead atoms. The van der Waals surface area contributed by atoms with Gasteiger partial charge in [-0.05, 0) is 54.4 Å². The molecule has 26 heavy (non-hydrogen) atoms. The van der Waals surface area contributed by atoms with Crippen molar-refractivity contribution in [3.63, 3.8) is 0 Å². The van der Waals surface area contributed by atoms with E-state index in [9.17, 15) is 4.79 Å². The van der Waals surface area contributed by atoms with Crippen LogP contribution in [0.25, 0.3) is 0 Å². The minimum atomic E-state index is -0.0929. The van der Waals surface area contributed by atoms with Crippen LogP contribution in [-0.2, 0) is 20.1 Å². The van der Waals surface area contributed by atoms with E-state index in [1.807, 2.05) is 56.8 Å². The molecule has 0 saturated carbocycles. The number of nitrogens with one attached hydrogen (secondary N) is 1. The van der Waals surface area contributed by atoms with Crippen LogP contribution in [0.1, 0.15) is 38.6 Å². The molecule has 0 unspecified atom stereocenters. The third-order valence-corrected chi connectivity index (χ3v) is 5.74. The molecule has 3 rings (SSSR count). The Balaban J connectivity index is 1.71. The molecule has 0 aliphatic heterocycles. The van der Waals surface area contributed by atoms with Gasteiger partial charge in [0.1, 0.15) is 0 Å². The Hall–Kier alpha value is -2.41. The van der Waals surface area contributed by atoms with Crippen molar-refractivity contribution in [2.75, 3.05) is 0 Å². The maximum Gasteiger partial charge on any atom is 0.251 e. The van der Waals surface area contributed by atoms with Crippen LogP contribution in [0.15, 0.2) is 34.9 Å². The molecule has 0 aliphatic rings. The van der Waals surface area contributed by atoms with Crippen molar-refractivity contribution in [2.45, 2.75) is 33.9 Å². The molecule has 2 heterocycles. The van der Waals surface area contributed by atoms with Crippen molar-refractivity contribution in [1.82, 2.24) is 24.9 Å². The third-order valence-electron chi connectivity index (χ3n) is 4.59. The highest BCUT2D eigenvalue weighted by Gasteiger charge is 2.11. The monoisotopic (exact) mass is 415 g/mol. The molecule has 136 valence electrons. The van der Waals surface area contributed by atoms with Gasteiger partial charge >= 0.3 is 0 Å². The lowest BCUT2D eigenvalue weighted by molar-refractivity contribution is 0.0950. The lowest BCUT2D eigenvalue weighted by Crippen LogP contribution is -2.23. The van der Waals surface area contributed by atoms with Crippen molar-refractivity contribution >= 4 is 21.8 Å². The van der Waals surface area contributed by atoms with Crippen LogP contribution >= 0.6 is 15.9 Å². The summed E-state index contributed by atoms with van der Waals surface area (Å²) in [5, 5.41) is 11.7. The molecule has 6 nitrogen and oxygen atoms in total. The molecule has 3 aromatic rings. The fourth-order valence-electron chi connectivity index (χ4n) is 2.81. The number of halogens is 1. The Morgan fingerprint density at radius 2 is 2.00 bits per heavy atom. The van der Waals surface area contributed by atoms with E-state index in [0.29, 0.717) is 18.7 Å². The van der Waals surface area contributed by atoms with E-state index >= 15 is 0 Å².